The Hall–Kier alpha value is -1.55. The maximum Gasteiger partial charge on any atom is 0.325 e. The molecule has 0 saturated carbocycles. The number of hydrogen-bond acceptors (Lipinski definition) is 2. The minimum Gasteiger partial charge on any atom is -0.480 e. The smallest absolute Gasteiger partial charge is 0.325 e. The molecule has 5 heteroatoms. The standard InChI is InChI=1S/C13H16ClNO3/c1-8(12(16)15-9(2)13(17)18)7-10-5-3-4-6-11(10)14/h3-6,8-9H,7H2,1-2H3,(H,15,16)(H,17,18). The second kappa shape index (κ2) is 6.40. The molecule has 0 saturated heterocycles. The molecule has 98 valence electrons. The predicted octanol–water partition coefficient (Wildman–Crippen LogP) is 2.11. The van der Waals surface area contributed by atoms with Crippen LogP contribution in [0.25, 0.3) is 0 Å². The van der Waals surface area contributed by atoms with Crippen molar-refractivity contribution in [3.8, 4) is 0 Å². The summed E-state index contributed by atoms with van der Waals surface area (Å²) in [4.78, 5) is 22.4. The summed E-state index contributed by atoms with van der Waals surface area (Å²) in [6, 6.07) is 6.41. The lowest BCUT2D eigenvalue weighted by molar-refractivity contribution is -0.141. The molecule has 1 amide bonds. The molecule has 2 N–H and O–H groups in total. The Kier molecular flexibility index (Phi) is 5.16. The largest absolute Gasteiger partial charge is 0.480 e. The Bertz CT molecular complexity index is 448. The van der Waals surface area contributed by atoms with E-state index in [2.05, 4.69) is 5.32 Å². The molecule has 18 heavy (non-hydrogen) atoms. The van der Waals surface area contributed by atoms with Crippen LogP contribution in [0.5, 0.6) is 0 Å². The Morgan fingerprint density at radius 1 is 1.33 bits per heavy atom. The lowest BCUT2D eigenvalue weighted by Gasteiger charge is -2.15. The SMILES string of the molecule is CC(Cc1ccccc1Cl)C(=O)NC(C)C(=O)O. The fraction of sp³-hybridized carbons (Fsp3) is 0.385. The topological polar surface area (TPSA) is 66.4 Å². The van der Waals surface area contributed by atoms with E-state index in [1.54, 1.807) is 13.0 Å². The highest BCUT2D eigenvalue weighted by molar-refractivity contribution is 6.31. The number of nitrogens with one attached hydrogen (secondary N) is 1. The number of carboxylic acids is 1. The molecule has 4 nitrogen and oxygen atoms in total. The van der Waals surface area contributed by atoms with Crippen LogP contribution in [-0.4, -0.2) is 23.0 Å². The van der Waals surface area contributed by atoms with Crippen LogP contribution in [0.2, 0.25) is 5.02 Å². The summed E-state index contributed by atoms with van der Waals surface area (Å²) in [5.74, 6) is -1.66. The van der Waals surface area contributed by atoms with E-state index in [4.69, 9.17) is 16.7 Å². The van der Waals surface area contributed by atoms with Crippen LogP contribution in [0, 0.1) is 5.92 Å². The van der Waals surface area contributed by atoms with E-state index in [1.165, 1.54) is 6.92 Å². The highest BCUT2D eigenvalue weighted by atomic mass is 35.5. The van der Waals surface area contributed by atoms with Crippen LogP contribution in [0.15, 0.2) is 24.3 Å². The van der Waals surface area contributed by atoms with E-state index in [-0.39, 0.29) is 11.8 Å². The van der Waals surface area contributed by atoms with Gasteiger partial charge in [-0.25, -0.2) is 0 Å². The highest BCUT2D eigenvalue weighted by Gasteiger charge is 2.19. The first-order valence-electron chi connectivity index (χ1n) is 5.68. The zero-order valence-corrected chi connectivity index (χ0v) is 11.1. The quantitative estimate of drug-likeness (QED) is 0.860. The summed E-state index contributed by atoms with van der Waals surface area (Å²) in [7, 11) is 0. The molecule has 0 aliphatic rings. The van der Waals surface area contributed by atoms with E-state index in [9.17, 15) is 9.59 Å². The van der Waals surface area contributed by atoms with Gasteiger partial charge in [0.2, 0.25) is 5.91 Å². The van der Waals surface area contributed by atoms with Gasteiger partial charge in [0.15, 0.2) is 0 Å². The predicted molar refractivity (Wildman–Crippen MR) is 69.6 cm³/mol. The maximum absolute atomic E-state index is 11.8. The molecule has 0 aliphatic carbocycles. The third-order valence-corrected chi connectivity index (χ3v) is 3.03. The molecule has 0 aromatic heterocycles. The van der Waals surface area contributed by atoms with Crippen LogP contribution in [0.1, 0.15) is 19.4 Å². The second-order valence-electron chi connectivity index (χ2n) is 4.27. The van der Waals surface area contributed by atoms with E-state index in [0.29, 0.717) is 11.4 Å². The minimum atomic E-state index is -1.05. The van der Waals surface area contributed by atoms with E-state index < -0.39 is 12.0 Å². The molecule has 1 aromatic rings. The number of hydrogen-bond donors (Lipinski definition) is 2. The number of rotatable bonds is 5. The van der Waals surface area contributed by atoms with Crippen molar-refractivity contribution in [3.05, 3.63) is 34.9 Å². The number of carbonyl (C=O) groups excluding carboxylic acids is 1. The van der Waals surface area contributed by atoms with Crippen molar-refractivity contribution in [1.29, 1.82) is 0 Å². The van der Waals surface area contributed by atoms with Crippen LogP contribution in [0.3, 0.4) is 0 Å². The third kappa shape index (κ3) is 4.04. The Morgan fingerprint density at radius 2 is 1.94 bits per heavy atom. The fourth-order valence-corrected chi connectivity index (χ4v) is 1.72. The molecule has 0 aliphatic heterocycles. The number of carbonyl (C=O) groups is 2. The lowest BCUT2D eigenvalue weighted by Crippen LogP contribution is -2.41. The average molecular weight is 270 g/mol. The van der Waals surface area contributed by atoms with Gasteiger partial charge in [0.1, 0.15) is 6.04 Å². The molecule has 2 unspecified atom stereocenters. The van der Waals surface area contributed by atoms with Crippen molar-refractivity contribution in [1.82, 2.24) is 5.32 Å². The summed E-state index contributed by atoms with van der Waals surface area (Å²) >= 11 is 6.00. The summed E-state index contributed by atoms with van der Waals surface area (Å²) in [6.45, 7) is 3.18. The van der Waals surface area contributed by atoms with E-state index in [0.717, 1.165) is 5.56 Å². The second-order valence-corrected chi connectivity index (χ2v) is 4.67. The van der Waals surface area contributed by atoms with Gasteiger partial charge in [0.25, 0.3) is 0 Å². The number of carboxylic acid groups (broad SMARTS) is 1. The van der Waals surface area contributed by atoms with Crippen LogP contribution < -0.4 is 5.32 Å². The van der Waals surface area contributed by atoms with E-state index in [1.807, 2.05) is 18.2 Å². The molecule has 0 heterocycles. The molecule has 2 atom stereocenters. The van der Waals surface area contributed by atoms with Crippen LogP contribution in [-0.2, 0) is 16.0 Å². The summed E-state index contributed by atoms with van der Waals surface area (Å²) in [5.41, 5.74) is 0.879. The highest BCUT2D eigenvalue weighted by Crippen LogP contribution is 2.18. The van der Waals surface area contributed by atoms with Crippen molar-refractivity contribution in [3.63, 3.8) is 0 Å². The zero-order valence-electron chi connectivity index (χ0n) is 10.3. The van der Waals surface area contributed by atoms with Crippen molar-refractivity contribution in [2.24, 2.45) is 5.92 Å². The van der Waals surface area contributed by atoms with Gasteiger partial charge in [-0.2, -0.15) is 0 Å². The van der Waals surface area contributed by atoms with Gasteiger partial charge < -0.3 is 10.4 Å². The fourth-order valence-electron chi connectivity index (χ4n) is 1.50. The Labute approximate surface area is 111 Å². The first-order valence-corrected chi connectivity index (χ1v) is 6.06. The van der Waals surface area contributed by atoms with Crippen LogP contribution in [0.4, 0.5) is 0 Å². The van der Waals surface area contributed by atoms with Crippen molar-refractivity contribution >= 4 is 23.5 Å². The van der Waals surface area contributed by atoms with Gasteiger partial charge in [0.05, 0.1) is 0 Å². The lowest BCUT2D eigenvalue weighted by atomic mass is 10.00. The van der Waals surface area contributed by atoms with Crippen molar-refractivity contribution in [2.75, 3.05) is 0 Å². The van der Waals surface area contributed by atoms with Gasteiger partial charge in [-0.1, -0.05) is 36.7 Å². The first-order chi connectivity index (χ1) is 8.41. The van der Waals surface area contributed by atoms with Gasteiger partial charge in [-0.05, 0) is 25.0 Å². The Morgan fingerprint density at radius 3 is 2.50 bits per heavy atom. The number of benzene rings is 1. The zero-order chi connectivity index (χ0) is 13.7. The minimum absolute atomic E-state index is 0.287. The Balaban J connectivity index is 2.60. The number of halogens is 1. The summed E-state index contributed by atoms with van der Waals surface area (Å²) in [6.07, 6.45) is 0.484. The third-order valence-electron chi connectivity index (χ3n) is 2.66. The molecule has 0 radical (unpaired) electrons. The van der Waals surface area contributed by atoms with E-state index >= 15 is 0 Å². The maximum atomic E-state index is 11.8. The molecule has 0 spiro atoms. The average Bonchev–Trinajstić information content (AvgIpc) is 2.31. The van der Waals surface area contributed by atoms with Crippen LogP contribution >= 0.6 is 11.6 Å². The summed E-state index contributed by atoms with van der Waals surface area (Å²) in [5, 5.41) is 11.8. The summed E-state index contributed by atoms with van der Waals surface area (Å²) < 4.78 is 0. The van der Waals surface area contributed by atoms with Gasteiger partial charge in [0, 0.05) is 10.9 Å². The van der Waals surface area contributed by atoms with Gasteiger partial charge in [-0.3, -0.25) is 9.59 Å². The molecule has 1 aromatic carbocycles. The molecular formula is C13H16ClNO3. The molecular weight excluding hydrogens is 254 g/mol. The number of amides is 1. The van der Waals surface area contributed by atoms with Crippen molar-refractivity contribution < 1.29 is 14.7 Å². The first kappa shape index (κ1) is 14.5. The number of aliphatic carboxylic acids is 1. The molecule has 1 rings (SSSR count). The monoisotopic (exact) mass is 269 g/mol. The van der Waals surface area contributed by atoms with Gasteiger partial charge >= 0.3 is 5.97 Å². The van der Waals surface area contributed by atoms with Crippen molar-refractivity contribution in [2.45, 2.75) is 26.3 Å². The normalized spacial score (nSPS) is 13.7. The molecule has 0 bridgehead atoms. The molecule has 0 fully saturated rings. The van der Waals surface area contributed by atoms with Gasteiger partial charge in [-0.15, -0.1) is 0 Å².